The number of Topliss-reactive ketones (excluding diaryl/α,β-unsaturated/α-hetero) is 1. The van der Waals surface area contributed by atoms with Crippen molar-refractivity contribution in [3.05, 3.63) is 59.1 Å². The molecule has 3 heterocycles. The van der Waals surface area contributed by atoms with Gasteiger partial charge in [0.2, 0.25) is 0 Å². The highest BCUT2D eigenvalue weighted by Gasteiger charge is 2.80. The molecule has 2 aliphatic heterocycles. The quantitative estimate of drug-likeness (QED) is 0.175. The summed E-state index contributed by atoms with van der Waals surface area (Å²) in [5, 5.41) is 27.7. The smallest absolute Gasteiger partial charge is 0.408 e. The van der Waals surface area contributed by atoms with E-state index in [-0.39, 0.29) is 35.7 Å². The van der Waals surface area contributed by atoms with Crippen molar-refractivity contribution in [2.45, 2.75) is 128 Å². The van der Waals surface area contributed by atoms with E-state index in [1.165, 1.54) is 51.7 Å². The number of methoxy groups -OCH3 is 2. The van der Waals surface area contributed by atoms with Crippen LogP contribution in [-0.4, -0.2) is 114 Å². The Labute approximate surface area is 346 Å². The van der Waals surface area contributed by atoms with Gasteiger partial charge < -0.3 is 57.8 Å². The van der Waals surface area contributed by atoms with E-state index < -0.39 is 112 Å². The molecule has 0 unspecified atom stereocenters. The maximum atomic E-state index is 15.2. The molecule has 0 radical (unpaired) electrons. The molecule has 7 rings (SSSR count). The number of carbonyl (C=O) groups is 5. The summed E-state index contributed by atoms with van der Waals surface area (Å²) < 4.78 is 53.1. The monoisotopic (exact) mass is 839 g/mol. The topological polar surface area (TPSA) is 225 Å². The highest BCUT2D eigenvalue weighted by molar-refractivity contribution is 5.96. The SMILES string of the molecule is COc1ccc(OC)c(C(=O)O[C@H]2[C@@H]3[C@]4(OC(C)=O)CO[C@@H]4C[C@H]4O[C@@H](C(=O)[C@@]34C)C3=C(C)[C@@H](OC(=O)[C@H](O)[C@@H](NC(=O)OC(C)(C)C)c4ccco4)C[C@]2(O)C3(C)C)c1. The van der Waals surface area contributed by atoms with Crippen LogP contribution in [0.25, 0.3) is 0 Å². The number of hydrogen-bond acceptors (Lipinski definition) is 16. The van der Waals surface area contributed by atoms with E-state index in [0.717, 1.165) is 0 Å². The number of alkyl carbamates (subject to hydrolysis) is 1. The van der Waals surface area contributed by atoms with Gasteiger partial charge in [0, 0.05) is 25.2 Å². The van der Waals surface area contributed by atoms with E-state index in [1.807, 2.05) is 0 Å². The first kappa shape index (κ1) is 43.1. The standard InChI is InChI=1S/C43H53NO16/c1-20-26(56-37(49)31(46)30(25-12-11-15-54-25)44-38(50)60-39(3,4)5)18-43(51)35(58-36(48)23-16-22(52-9)13-14-24(23)53-10)33-41(8)27(17-28-42(33,19-55-28)59-21(2)45)57-32(34(41)47)29(20)40(43,6)7/h11-16,26-28,30-33,35,46,51H,17-19H2,1-10H3,(H,44,50)/t26-,27+,28+,30-,31+,32+,33-,35-,41+,42-,43+/m0/s1. The molecular formula is C43H53NO16. The maximum Gasteiger partial charge on any atom is 0.408 e. The number of aliphatic hydroxyl groups excluding tert-OH is 1. The average molecular weight is 840 g/mol. The van der Waals surface area contributed by atoms with Crippen LogP contribution in [0.4, 0.5) is 4.79 Å². The first-order valence-corrected chi connectivity index (χ1v) is 19.8. The lowest BCUT2D eigenvalue weighted by molar-refractivity contribution is -0.338. The highest BCUT2D eigenvalue weighted by Crippen LogP contribution is 2.67. The number of benzene rings is 1. The lowest BCUT2D eigenvalue weighted by atomic mass is 9.46. The Balaban J connectivity index is 1.36. The number of nitrogens with one attached hydrogen (secondary N) is 1. The minimum Gasteiger partial charge on any atom is -0.497 e. The molecule has 3 aliphatic carbocycles. The zero-order valence-electron chi connectivity index (χ0n) is 35.3. The van der Waals surface area contributed by atoms with Crippen molar-refractivity contribution in [3.63, 3.8) is 0 Å². The van der Waals surface area contributed by atoms with Gasteiger partial charge in [0.15, 0.2) is 17.5 Å². The van der Waals surface area contributed by atoms with Gasteiger partial charge in [0.25, 0.3) is 0 Å². The van der Waals surface area contributed by atoms with E-state index in [2.05, 4.69) is 5.32 Å². The summed E-state index contributed by atoms with van der Waals surface area (Å²) in [7, 11) is 2.79. The zero-order chi connectivity index (χ0) is 43.9. The van der Waals surface area contributed by atoms with E-state index in [0.29, 0.717) is 11.3 Å². The van der Waals surface area contributed by atoms with E-state index in [4.69, 9.17) is 42.3 Å². The van der Waals surface area contributed by atoms with Gasteiger partial charge in [-0.1, -0.05) is 13.8 Å². The van der Waals surface area contributed by atoms with Gasteiger partial charge >= 0.3 is 24.0 Å². The third kappa shape index (κ3) is 6.64. The van der Waals surface area contributed by atoms with Crippen LogP contribution in [0.5, 0.6) is 11.5 Å². The van der Waals surface area contributed by atoms with Crippen molar-refractivity contribution in [1.82, 2.24) is 5.32 Å². The Bertz CT molecular complexity index is 2100. The van der Waals surface area contributed by atoms with Crippen LogP contribution < -0.4 is 14.8 Å². The molecule has 60 heavy (non-hydrogen) atoms. The summed E-state index contributed by atoms with van der Waals surface area (Å²) in [6.07, 6.45) is -8.01. The third-order valence-electron chi connectivity index (χ3n) is 13.1. The Morgan fingerprint density at radius 2 is 1.73 bits per heavy atom. The normalized spacial score (nSPS) is 33.4. The summed E-state index contributed by atoms with van der Waals surface area (Å²) in [5.41, 5.74) is -7.11. The first-order chi connectivity index (χ1) is 28.0. The van der Waals surface area contributed by atoms with Crippen molar-refractivity contribution < 1.29 is 76.5 Å². The van der Waals surface area contributed by atoms with E-state index in [1.54, 1.807) is 54.5 Å². The average Bonchev–Trinajstić information content (AvgIpc) is 3.78. The third-order valence-corrected chi connectivity index (χ3v) is 13.1. The molecule has 1 aromatic heterocycles. The first-order valence-electron chi connectivity index (χ1n) is 19.8. The second kappa shape index (κ2) is 14.9. The molecule has 11 atom stereocenters. The van der Waals surface area contributed by atoms with Gasteiger partial charge in [0.05, 0.1) is 44.5 Å². The minimum absolute atomic E-state index is 0.0125. The van der Waals surface area contributed by atoms with Crippen LogP contribution in [0.1, 0.15) is 90.4 Å². The number of amides is 1. The van der Waals surface area contributed by atoms with Crippen molar-refractivity contribution in [1.29, 1.82) is 0 Å². The fraction of sp³-hybridized carbons (Fsp3) is 0.605. The molecule has 0 spiro atoms. The predicted octanol–water partition coefficient (Wildman–Crippen LogP) is 3.92. The van der Waals surface area contributed by atoms with Crippen molar-refractivity contribution in [2.24, 2.45) is 16.7 Å². The lowest BCUT2D eigenvalue weighted by Crippen LogP contribution is -2.80. The number of esters is 3. The number of rotatable bonds is 10. The molecule has 2 saturated carbocycles. The lowest BCUT2D eigenvalue weighted by Gasteiger charge is -2.65. The number of hydrogen-bond donors (Lipinski definition) is 3. The van der Waals surface area contributed by atoms with Gasteiger partial charge in [-0.05, 0) is 76.1 Å². The van der Waals surface area contributed by atoms with Gasteiger partial charge in [-0.2, -0.15) is 0 Å². The molecule has 17 nitrogen and oxygen atoms in total. The Morgan fingerprint density at radius 3 is 2.32 bits per heavy atom. The second-order valence-corrected chi connectivity index (χ2v) is 18.0. The van der Waals surface area contributed by atoms with Crippen LogP contribution in [-0.2, 0) is 42.8 Å². The van der Waals surface area contributed by atoms with Crippen LogP contribution in [0.2, 0.25) is 0 Å². The number of ether oxygens (including phenoxy) is 8. The summed E-state index contributed by atoms with van der Waals surface area (Å²) in [6.45, 7) is 12.6. The molecule has 1 amide bonds. The number of carbonyl (C=O) groups excluding carboxylic acids is 5. The fourth-order valence-electron chi connectivity index (χ4n) is 10.2. The summed E-state index contributed by atoms with van der Waals surface area (Å²) in [6, 6.07) is 5.98. The zero-order valence-corrected chi connectivity index (χ0v) is 35.3. The van der Waals surface area contributed by atoms with Crippen LogP contribution in [0, 0.1) is 16.7 Å². The summed E-state index contributed by atoms with van der Waals surface area (Å²) >= 11 is 0. The van der Waals surface area contributed by atoms with E-state index >= 15 is 4.79 Å². The molecule has 5 aliphatic rings. The maximum absolute atomic E-state index is 15.2. The second-order valence-electron chi connectivity index (χ2n) is 18.0. The van der Waals surface area contributed by atoms with Crippen LogP contribution in [0.15, 0.2) is 52.2 Å². The van der Waals surface area contributed by atoms with E-state index in [9.17, 15) is 29.4 Å². The van der Waals surface area contributed by atoms with Gasteiger partial charge in [-0.15, -0.1) is 0 Å². The molecule has 3 N–H and O–H groups in total. The Kier molecular flexibility index (Phi) is 10.7. The molecule has 326 valence electrons. The largest absolute Gasteiger partial charge is 0.497 e. The van der Waals surface area contributed by atoms with Gasteiger partial charge in [-0.25, -0.2) is 14.4 Å². The highest BCUT2D eigenvalue weighted by atomic mass is 16.6. The van der Waals surface area contributed by atoms with Gasteiger partial charge in [0.1, 0.15) is 64.5 Å². The molecule has 4 fully saturated rings. The molecule has 1 aromatic carbocycles. The Hall–Kier alpha value is -4.97. The summed E-state index contributed by atoms with van der Waals surface area (Å²) in [5.74, 6) is -4.12. The molecule has 4 bridgehead atoms. The number of furan rings is 1. The number of aliphatic hydroxyl groups is 2. The molecule has 2 aromatic rings. The van der Waals surface area contributed by atoms with Crippen LogP contribution in [0.3, 0.4) is 0 Å². The predicted molar refractivity (Wildman–Crippen MR) is 206 cm³/mol. The van der Waals surface area contributed by atoms with Crippen molar-refractivity contribution in [2.75, 3.05) is 20.8 Å². The fourth-order valence-corrected chi connectivity index (χ4v) is 10.2. The number of fused-ring (bicyclic) bond motifs is 6. The van der Waals surface area contributed by atoms with Crippen LogP contribution >= 0.6 is 0 Å². The van der Waals surface area contributed by atoms with Crippen molar-refractivity contribution >= 4 is 29.8 Å². The van der Waals surface area contributed by atoms with Gasteiger partial charge in [-0.3, -0.25) is 9.59 Å². The molecule has 17 heteroatoms. The molecular weight excluding hydrogens is 786 g/mol. The minimum atomic E-state index is -2.22. The molecule has 2 saturated heterocycles. The van der Waals surface area contributed by atoms with Crippen molar-refractivity contribution in [3.8, 4) is 11.5 Å². The summed E-state index contributed by atoms with van der Waals surface area (Å²) in [4.78, 5) is 69.8. The number of ketones is 1. The Morgan fingerprint density at radius 1 is 1.02 bits per heavy atom.